The van der Waals surface area contributed by atoms with Crippen LogP contribution in [0.5, 0.6) is 0 Å². The van der Waals surface area contributed by atoms with Crippen molar-refractivity contribution >= 4 is 11.9 Å². The SMILES string of the molecule is CC(Cc1cc(F)c(C(=O)O)c(F)c1F)C(=O)O. The van der Waals surface area contributed by atoms with Crippen LogP contribution in [0.1, 0.15) is 22.8 Å². The molecule has 0 heterocycles. The molecule has 1 rings (SSSR count). The largest absolute Gasteiger partial charge is 0.481 e. The van der Waals surface area contributed by atoms with Gasteiger partial charge in [0, 0.05) is 0 Å². The zero-order valence-electron chi connectivity index (χ0n) is 9.21. The van der Waals surface area contributed by atoms with Gasteiger partial charge in [0.05, 0.1) is 5.92 Å². The summed E-state index contributed by atoms with van der Waals surface area (Å²) in [6.07, 6.45) is -0.436. The van der Waals surface area contributed by atoms with E-state index in [0.29, 0.717) is 6.07 Å². The highest BCUT2D eigenvalue weighted by Crippen LogP contribution is 2.22. The number of halogens is 3. The molecule has 0 saturated carbocycles. The van der Waals surface area contributed by atoms with Crippen LogP contribution in [-0.4, -0.2) is 22.2 Å². The van der Waals surface area contributed by atoms with Crippen molar-refractivity contribution in [1.82, 2.24) is 0 Å². The number of aromatic carboxylic acids is 1. The zero-order chi connectivity index (χ0) is 14.0. The fraction of sp³-hybridized carbons (Fsp3) is 0.273. The maximum atomic E-state index is 13.4. The summed E-state index contributed by atoms with van der Waals surface area (Å²) in [6, 6.07) is 0.501. The summed E-state index contributed by atoms with van der Waals surface area (Å²) in [5, 5.41) is 17.1. The average molecular weight is 262 g/mol. The molecule has 0 fully saturated rings. The number of carboxylic acids is 2. The highest BCUT2D eigenvalue weighted by molar-refractivity contribution is 5.88. The number of hydrogen-bond donors (Lipinski definition) is 2. The first kappa shape index (κ1) is 14.0. The smallest absolute Gasteiger partial charge is 0.341 e. The van der Waals surface area contributed by atoms with Gasteiger partial charge in [-0.1, -0.05) is 6.92 Å². The highest BCUT2D eigenvalue weighted by atomic mass is 19.2. The molecule has 0 saturated heterocycles. The zero-order valence-corrected chi connectivity index (χ0v) is 9.21. The minimum Gasteiger partial charge on any atom is -0.481 e. The third-order valence-electron chi connectivity index (χ3n) is 2.40. The lowest BCUT2D eigenvalue weighted by Crippen LogP contribution is -2.15. The van der Waals surface area contributed by atoms with Crippen LogP contribution in [0.15, 0.2) is 6.07 Å². The Balaban J connectivity index is 3.25. The maximum absolute atomic E-state index is 13.4. The van der Waals surface area contributed by atoms with Crippen molar-refractivity contribution < 1.29 is 33.0 Å². The Morgan fingerprint density at radius 3 is 2.22 bits per heavy atom. The lowest BCUT2D eigenvalue weighted by Gasteiger charge is -2.10. The first-order valence-corrected chi connectivity index (χ1v) is 4.88. The van der Waals surface area contributed by atoms with E-state index in [0.717, 1.165) is 0 Å². The Hall–Kier alpha value is -2.05. The Labute approximate surface area is 99.7 Å². The van der Waals surface area contributed by atoms with Crippen LogP contribution in [-0.2, 0) is 11.2 Å². The van der Waals surface area contributed by atoms with Gasteiger partial charge in [-0.15, -0.1) is 0 Å². The second kappa shape index (κ2) is 5.07. The van der Waals surface area contributed by atoms with Crippen molar-refractivity contribution in [3.05, 3.63) is 34.6 Å². The number of rotatable bonds is 4. The number of hydrogen-bond acceptors (Lipinski definition) is 2. The molecule has 7 heteroatoms. The Kier molecular flexibility index (Phi) is 3.95. The lowest BCUT2D eigenvalue weighted by molar-refractivity contribution is -0.141. The molecule has 0 radical (unpaired) electrons. The molecule has 0 amide bonds. The molecular formula is C11H9F3O4. The molecule has 2 N–H and O–H groups in total. The summed E-state index contributed by atoms with van der Waals surface area (Å²) in [5.74, 6) is -9.03. The highest BCUT2D eigenvalue weighted by Gasteiger charge is 2.25. The van der Waals surface area contributed by atoms with E-state index in [-0.39, 0.29) is 0 Å². The molecule has 1 aromatic rings. The number of benzene rings is 1. The predicted octanol–water partition coefficient (Wildman–Crippen LogP) is 2.07. The van der Waals surface area contributed by atoms with Crippen molar-refractivity contribution in [2.45, 2.75) is 13.3 Å². The van der Waals surface area contributed by atoms with Gasteiger partial charge in [0.2, 0.25) is 0 Å². The molecule has 0 spiro atoms. The molecule has 1 unspecified atom stereocenters. The Morgan fingerprint density at radius 2 is 1.78 bits per heavy atom. The van der Waals surface area contributed by atoms with Crippen LogP contribution in [0.3, 0.4) is 0 Å². The summed E-state index contributed by atoms with van der Waals surface area (Å²) in [6.45, 7) is 1.24. The molecule has 0 bridgehead atoms. The molecule has 0 aliphatic heterocycles. The summed E-state index contributed by atoms with van der Waals surface area (Å²) < 4.78 is 40.0. The van der Waals surface area contributed by atoms with Crippen molar-refractivity contribution in [1.29, 1.82) is 0 Å². The lowest BCUT2D eigenvalue weighted by atomic mass is 9.99. The first-order chi connectivity index (χ1) is 8.25. The normalized spacial score (nSPS) is 12.2. The quantitative estimate of drug-likeness (QED) is 0.814. The fourth-order valence-corrected chi connectivity index (χ4v) is 1.41. The Bertz CT molecular complexity index is 514. The van der Waals surface area contributed by atoms with Crippen molar-refractivity contribution in [3.63, 3.8) is 0 Å². The van der Waals surface area contributed by atoms with Crippen LogP contribution in [0.25, 0.3) is 0 Å². The molecule has 1 atom stereocenters. The van der Waals surface area contributed by atoms with Crippen LogP contribution < -0.4 is 0 Å². The monoisotopic (exact) mass is 262 g/mol. The van der Waals surface area contributed by atoms with E-state index < -0.39 is 52.9 Å². The van der Waals surface area contributed by atoms with Gasteiger partial charge in [0.15, 0.2) is 11.6 Å². The topological polar surface area (TPSA) is 74.6 Å². The van der Waals surface area contributed by atoms with Crippen LogP contribution in [0, 0.1) is 23.4 Å². The van der Waals surface area contributed by atoms with Crippen molar-refractivity contribution in [3.8, 4) is 0 Å². The van der Waals surface area contributed by atoms with Gasteiger partial charge in [-0.25, -0.2) is 18.0 Å². The van der Waals surface area contributed by atoms with Gasteiger partial charge in [0.25, 0.3) is 0 Å². The maximum Gasteiger partial charge on any atom is 0.341 e. The van der Waals surface area contributed by atoms with E-state index in [4.69, 9.17) is 10.2 Å². The van der Waals surface area contributed by atoms with Crippen LogP contribution >= 0.6 is 0 Å². The van der Waals surface area contributed by atoms with E-state index in [1.165, 1.54) is 6.92 Å². The van der Waals surface area contributed by atoms with Gasteiger partial charge < -0.3 is 10.2 Å². The standard InChI is InChI=1S/C11H9F3O4/c1-4(10(15)16)2-5-3-6(12)7(11(17)18)9(14)8(5)13/h3-4H,2H2,1H3,(H,15,16)(H,17,18). The molecule has 0 aliphatic carbocycles. The van der Waals surface area contributed by atoms with Gasteiger partial charge in [-0.05, 0) is 18.1 Å². The number of carbonyl (C=O) groups is 2. The molecule has 1 aromatic carbocycles. The van der Waals surface area contributed by atoms with Gasteiger partial charge in [-0.3, -0.25) is 4.79 Å². The second-order valence-corrected chi connectivity index (χ2v) is 3.77. The van der Waals surface area contributed by atoms with Crippen molar-refractivity contribution in [2.24, 2.45) is 5.92 Å². The van der Waals surface area contributed by atoms with Gasteiger partial charge >= 0.3 is 11.9 Å². The minimum absolute atomic E-state index is 0.436. The van der Waals surface area contributed by atoms with Crippen LogP contribution in [0.4, 0.5) is 13.2 Å². The third-order valence-corrected chi connectivity index (χ3v) is 2.40. The fourth-order valence-electron chi connectivity index (χ4n) is 1.41. The molecular weight excluding hydrogens is 253 g/mol. The van der Waals surface area contributed by atoms with Gasteiger partial charge in [0.1, 0.15) is 11.4 Å². The molecule has 0 aliphatic rings. The Morgan fingerprint density at radius 1 is 1.22 bits per heavy atom. The van der Waals surface area contributed by atoms with Crippen LogP contribution in [0.2, 0.25) is 0 Å². The van der Waals surface area contributed by atoms with Crippen molar-refractivity contribution in [2.75, 3.05) is 0 Å². The molecule has 18 heavy (non-hydrogen) atoms. The van der Waals surface area contributed by atoms with E-state index in [1.54, 1.807) is 0 Å². The minimum atomic E-state index is -1.93. The molecule has 4 nitrogen and oxygen atoms in total. The van der Waals surface area contributed by atoms with Gasteiger partial charge in [-0.2, -0.15) is 0 Å². The second-order valence-electron chi connectivity index (χ2n) is 3.77. The summed E-state index contributed by atoms with van der Waals surface area (Å²) in [5.41, 5.74) is -1.90. The molecule has 0 aromatic heterocycles. The van der Waals surface area contributed by atoms with E-state index >= 15 is 0 Å². The number of carboxylic acid groups (broad SMARTS) is 2. The average Bonchev–Trinajstić information content (AvgIpc) is 2.24. The first-order valence-electron chi connectivity index (χ1n) is 4.88. The van der Waals surface area contributed by atoms with E-state index in [1.807, 2.05) is 0 Å². The molecule has 98 valence electrons. The summed E-state index contributed by atoms with van der Waals surface area (Å²) >= 11 is 0. The van der Waals surface area contributed by atoms with E-state index in [9.17, 15) is 22.8 Å². The third kappa shape index (κ3) is 2.61. The predicted molar refractivity (Wildman–Crippen MR) is 53.8 cm³/mol. The summed E-state index contributed by atoms with van der Waals surface area (Å²) in [7, 11) is 0. The number of aliphatic carboxylic acids is 1. The van der Waals surface area contributed by atoms with E-state index in [2.05, 4.69) is 0 Å². The summed E-state index contributed by atoms with van der Waals surface area (Å²) in [4.78, 5) is 21.1.